The Hall–Kier alpha value is -3.81. The highest BCUT2D eigenvalue weighted by molar-refractivity contribution is 6.00. The number of halogens is 3. The van der Waals surface area contributed by atoms with Gasteiger partial charge < -0.3 is 15.3 Å². The van der Waals surface area contributed by atoms with Crippen molar-refractivity contribution in [2.45, 2.75) is 44.4 Å². The maximum Gasteiger partial charge on any atom is 0.416 e. The Morgan fingerprint density at radius 2 is 1.61 bits per heavy atom. The van der Waals surface area contributed by atoms with Crippen LogP contribution in [0.2, 0.25) is 0 Å². The van der Waals surface area contributed by atoms with Crippen LogP contribution in [0.3, 0.4) is 0 Å². The zero-order valence-electron chi connectivity index (χ0n) is 19.6. The van der Waals surface area contributed by atoms with E-state index in [0.29, 0.717) is 30.6 Å². The molecule has 1 heterocycles. The maximum atomic E-state index is 13.3. The van der Waals surface area contributed by atoms with Crippen LogP contribution in [0.4, 0.5) is 24.5 Å². The molecule has 0 radical (unpaired) electrons. The van der Waals surface area contributed by atoms with Crippen LogP contribution in [0.1, 0.15) is 47.7 Å². The van der Waals surface area contributed by atoms with Gasteiger partial charge in [0, 0.05) is 23.5 Å². The Kier molecular flexibility index (Phi) is 5.77. The first kappa shape index (κ1) is 23.9. The molecule has 0 spiro atoms. The molecule has 5 rings (SSSR count). The molecule has 0 unspecified atom stereocenters. The summed E-state index contributed by atoms with van der Waals surface area (Å²) in [5, 5.41) is 12.8. The van der Waals surface area contributed by atoms with Gasteiger partial charge in [0.2, 0.25) is 0 Å². The minimum Gasteiger partial charge on any atom is -0.481 e. The molecule has 0 saturated heterocycles. The molecule has 1 aliphatic carbocycles. The number of amides is 1. The molecule has 1 saturated carbocycles. The molecule has 5 nitrogen and oxygen atoms in total. The number of carbonyl (C=O) groups is 2. The quantitative estimate of drug-likeness (QED) is 0.413. The van der Waals surface area contributed by atoms with Crippen LogP contribution in [0.25, 0.3) is 11.1 Å². The predicted molar refractivity (Wildman–Crippen MR) is 130 cm³/mol. The molecule has 3 aromatic rings. The Balaban J connectivity index is 1.33. The number of alkyl halides is 3. The first-order valence-electron chi connectivity index (χ1n) is 11.8. The topological polar surface area (TPSA) is 69.6 Å². The highest BCUT2D eigenvalue weighted by Gasteiger charge is 2.51. The third kappa shape index (κ3) is 4.21. The molecule has 0 aromatic heterocycles. The van der Waals surface area contributed by atoms with E-state index in [2.05, 4.69) is 5.32 Å². The second-order valence-electron chi connectivity index (χ2n) is 9.68. The van der Waals surface area contributed by atoms with Gasteiger partial charge in [-0.2, -0.15) is 13.2 Å². The van der Waals surface area contributed by atoms with Crippen LogP contribution in [-0.2, 0) is 17.5 Å². The summed E-state index contributed by atoms with van der Waals surface area (Å²) in [6.07, 6.45) is -2.35. The summed E-state index contributed by atoms with van der Waals surface area (Å²) in [5.74, 6) is -1.56. The average Bonchev–Trinajstić information content (AvgIpc) is 3.40. The van der Waals surface area contributed by atoms with Gasteiger partial charge in [-0.1, -0.05) is 30.7 Å². The van der Waals surface area contributed by atoms with Crippen LogP contribution in [0, 0.1) is 5.92 Å². The molecule has 1 fully saturated rings. The van der Waals surface area contributed by atoms with Gasteiger partial charge in [-0.3, -0.25) is 9.59 Å². The molecule has 0 bridgehead atoms. The smallest absolute Gasteiger partial charge is 0.416 e. The van der Waals surface area contributed by atoms with Crippen LogP contribution >= 0.6 is 0 Å². The summed E-state index contributed by atoms with van der Waals surface area (Å²) >= 11 is 0. The summed E-state index contributed by atoms with van der Waals surface area (Å²) < 4.78 is 38.3. The first-order chi connectivity index (χ1) is 17.1. The molecular weight excluding hydrogens is 469 g/mol. The Morgan fingerprint density at radius 1 is 1.00 bits per heavy atom. The lowest BCUT2D eigenvalue weighted by molar-refractivity contribution is -0.145. The SMILES string of the molecule is C[C@@]1(N2Cc3ccc(-c4ccc(Nc5ccc(C(F)(F)F)cc5)cc4)cc3C2=O)CCC[C@@H]1C(=O)O. The molecule has 3 aromatic carbocycles. The number of anilines is 2. The number of carboxylic acid groups (broad SMARTS) is 1. The fourth-order valence-corrected chi connectivity index (χ4v) is 5.41. The number of fused-ring (bicyclic) bond motifs is 1. The molecule has 186 valence electrons. The zero-order valence-corrected chi connectivity index (χ0v) is 19.6. The Bertz CT molecular complexity index is 1320. The van der Waals surface area contributed by atoms with Crippen molar-refractivity contribution in [2.24, 2.45) is 5.92 Å². The number of hydrogen-bond donors (Lipinski definition) is 2. The normalized spacial score (nSPS) is 21.5. The fraction of sp³-hybridized carbons (Fsp3) is 0.286. The van der Waals surface area contributed by atoms with Crippen LogP contribution in [-0.4, -0.2) is 27.4 Å². The van der Waals surface area contributed by atoms with E-state index in [0.717, 1.165) is 40.9 Å². The van der Waals surface area contributed by atoms with Crippen molar-refractivity contribution in [3.8, 4) is 11.1 Å². The number of benzene rings is 3. The second-order valence-corrected chi connectivity index (χ2v) is 9.68. The minimum atomic E-state index is -4.37. The summed E-state index contributed by atoms with van der Waals surface area (Å²) in [7, 11) is 0. The molecule has 1 aliphatic heterocycles. The minimum absolute atomic E-state index is 0.136. The van der Waals surface area contributed by atoms with E-state index in [9.17, 15) is 27.9 Å². The summed E-state index contributed by atoms with van der Waals surface area (Å²) in [6, 6.07) is 18.0. The predicted octanol–water partition coefficient (Wildman–Crippen LogP) is 6.72. The number of nitrogens with zero attached hydrogens (tertiary/aromatic N) is 1. The highest BCUT2D eigenvalue weighted by atomic mass is 19.4. The lowest BCUT2D eigenvalue weighted by Gasteiger charge is -2.38. The standard InChI is InChI=1S/C28H25F3N2O3/c1-27(14-2-3-24(27)26(35)36)33-16-19-5-4-18(15-23(19)25(33)34)17-6-10-21(11-7-17)32-22-12-8-20(9-13-22)28(29,30)31/h4-13,15,24,32H,2-3,14,16H2,1H3,(H,35,36)/t24-,27-/m1/s1. The van der Waals surface area contributed by atoms with Gasteiger partial charge in [0.25, 0.3) is 5.91 Å². The number of aliphatic carboxylic acids is 1. The van der Waals surface area contributed by atoms with Crippen molar-refractivity contribution in [2.75, 3.05) is 5.32 Å². The highest BCUT2D eigenvalue weighted by Crippen LogP contribution is 2.44. The third-order valence-corrected chi connectivity index (χ3v) is 7.47. The molecule has 36 heavy (non-hydrogen) atoms. The molecule has 2 aliphatic rings. The Morgan fingerprint density at radius 3 is 2.22 bits per heavy atom. The van der Waals surface area contributed by atoms with Crippen LogP contribution < -0.4 is 5.32 Å². The van der Waals surface area contributed by atoms with Gasteiger partial charge in [0.15, 0.2) is 0 Å². The molecule has 8 heteroatoms. The largest absolute Gasteiger partial charge is 0.481 e. The maximum absolute atomic E-state index is 13.3. The van der Waals surface area contributed by atoms with Gasteiger partial charge >= 0.3 is 12.1 Å². The number of rotatable bonds is 5. The Labute approximate surface area is 206 Å². The number of carbonyl (C=O) groups excluding carboxylic acids is 1. The van der Waals surface area contributed by atoms with E-state index in [1.54, 1.807) is 4.90 Å². The van der Waals surface area contributed by atoms with E-state index in [-0.39, 0.29) is 5.91 Å². The summed E-state index contributed by atoms with van der Waals surface area (Å²) in [5.41, 5.74) is 3.09. The van der Waals surface area contributed by atoms with Gasteiger partial charge in [0.1, 0.15) is 0 Å². The van der Waals surface area contributed by atoms with E-state index in [1.807, 2.05) is 49.4 Å². The first-order valence-corrected chi connectivity index (χ1v) is 11.8. The molecule has 1 amide bonds. The number of nitrogens with one attached hydrogen (secondary N) is 1. The second kappa shape index (κ2) is 8.69. The monoisotopic (exact) mass is 494 g/mol. The molecule has 2 N–H and O–H groups in total. The average molecular weight is 495 g/mol. The van der Waals surface area contributed by atoms with Crippen molar-refractivity contribution in [1.29, 1.82) is 0 Å². The summed E-state index contributed by atoms with van der Waals surface area (Å²) in [4.78, 5) is 26.9. The van der Waals surface area contributed by atoms with Crippen LogP contribution in [0.15, 0.2) is 66.7 Å². The van der Waals surface area contributed by atoms with E-state index in [1.165, 1.54) is 12.1 Å². The van der Waals surface area contributed by atoms with E-state index >= 15 is 0 Å². The zero-order chi connectivity index (χ0) is 25.7. The van der Waals surface area contributed by atoms with E-state index in [4.69, 9.17) is 0 Å². The van der Waals surface area contributed by atoms with Crippen molar-refractivity contribution in [3.05, 3.63) is 83.4 Å². The van der Waals surface area contributed by atoms with Gasteiger partial charge in [-0.05, 0) is 78.9 Å². The van der Waals surface area contributed by atoms with Crippen LogP contribution in [0.5, 0.6) is 0 Å². The third-order valence-electron chi connectivity index (χ3n) is 7.47. The van der Waals surface area contributed by atoms with E-state index < -0.39 is 29.2 Å². The number of carboxylic acids is 1. The van der Waals surface area contributed by atoms with Crippen molar-refractivity contribution in [1.82, 2.24) is 4.90 Å². The molecular formula is C28H25F3N2O3. The van der Waals surface area contributed by atoms with Crippen molar-refractivity contribution >= 4 is 23.3 Å². The van der Waals surface area contributed by atoms with Crippen molar-refractivity contribution in [3.63, 3.8) is 0 Å². The number of hydrogen-bond acceptors (Lipinski definition) is 3. The van der Waals surface area contributed by atoms with Gasteiger partial charge in [-0.15, -0.1) is 0 Å². The fourth-order valence-electron chi connectivity index (χ4n) is 5.41. The molecule has 2 atom stereocenters. The summed E-state index contributed by atoms with van der Waals surface area (Å²) in [6.45, 7) is 2.29. The lowest BCUT2D eigenvalue weighted by Crippen LogP contribution is -2.51. The van der Waals surface area contributed by atoms with Gasteiger partial charge in [-0.25, -0.2) is 0 Å². The van der Waals surface area contributed by atoms with Crippen molar-refractivity contribution < 1.29 is 27.9 Å². The lowest BCUT2D eigenvalue weighted by atomic mass is 9.87. The van der Waals surface area contributed by atoms with Gasteiger partial charge in [0.05, 0.1) is 17.0 Å².